The SMILES string of the molecule is Cc1csc(CN2CCN(C(=O)c3ccc(Br)o3)CC2)n1. The maximum absolute atomic E-state index is 12.3. The van der Waals surface area contributed by atoms with Crippen molar-refractivity contribution in [3.05, 3.63) is 38.6 Å². The lowest BCUT2D eigenvalue weighted by molar-refractivity contribution is 0.0596. The molecule has 21 heavy (non-hydrogen) atoms. The summed E-state index contributed by atoms with van der Waals surface area (Å²) in [6.45, 7) is 6.06. The number of furan rings is 1. The van der Waals surface area contributed by atoms with Crippen LogP contribution in [0.4, 0.5) is 0 Å². The van der Waals surface area contributed by atoms with Crippen molar-refractivity contribution in [2.75, 3.05) is 26.2 Å². The van der Waals surface area contributed by atoms with Crippen LogP contribution < -0.4 is 0 Å². The summed E-state index contributed by atoms with van der Waals surface area (Å²) in [5, 5.41) is 3.21. The van der Waals surface area contributed by atoms with E-state index in [1.54, 1.807) is 23.5 Å². The number of nitrogens with zero attached hydrogens (tertiary/aromatic N) is 3. The molecule has 0 atom stereocenters. The highest BCUT2D eigenvalue weighted by atomic mass is 79.9. The fourth-order valence-electron chi connectivity index (χ4n) is 2.36. The molecule has 1 aliphatic rings. The van der Waals surface area contributed by atoms with Crippen LogP contribution >= 0.6 is 27.3 Å². The van der Waals surface area contributed by atoms with E-state index in [0.717, 1.165) is 43.4 Å². The lowest BCUT2D eigenvalue weighted by Crippen LogP contribution is -2.48. The van der Waals surface area contributed by atoms with Crippen molar-refractivity contribution >= 4 is 33.2 Å². The Hall–Kier alpha value is -1.18. The number of rotatable bonds is 3. The van der Waals surface area contributed by atoms with Gasteiger partial charge in [-0.2, -0.15) is 0 Å². The lowest BCUT2D eigenvalue weighted by Gasteiger charge is -2.33. The summed E-state index contributed by atoms with van der Waals surface area (Å²) in [7, 11) is 0. The van der Waals surface area contributed by atoms with Gasteiger partial charge in [-0.05, 0) is 35.0 Å². The molecule has 1 saturated heterocycles. The summed E-state index contributed by atoms with van der Waals surface area (Å²) < 4.78 is 5.91. The molecule has 0 saturated carbocycles. The van der Waals surface area contributed by atoms with Crippen LogP contribution in [0.5, 0.6) is 0 Å². The number of hydrogen-bond acceptors (Lipinski definition) is 5. The summed E-state index contributed by atoms with van der Waals surface area (Å²) in [6, 6.07) is 3.45. The number of amides is 1. The lowest BCUT2D eigenvalue weighted by atomic mass is 10.3. The molecule has 3 heterocycles. The van der Waals surface area contributed by atoms with Crippen LogP contribution in [-0.2, 0) is 6.54 Å². The summed E-state index contributed by atoms with van der Waals surface area (Å²) in [5.74, 6) is 0.358. The number of hydrogen-bond donors (Lipinski definition) is 0. The van der Waals surface area contributed by atoms with E-state index in [9.17, 15) is 4.79 Å². The highest BCUT2D eigenvalue weighted by Crippen LogP contribution is 2.18. The number of carbonyl (C=O) groups excluding carboxylic acids is 1. The van der Waals surface area contributed by atoms with Gasteiger partial charge in [0.15, 0.2) is 10.4 Å². The molecule has 2 aromatic rings. The van der Waals surface area contributed by atoms with Gasteiger partial charge < -0.3 is 9.32 Å². The van der Waals surface area contributed by atoms with E-state index in [2.05, 4.69) is 31.2 Å². The predicted molar refractivity (Wildman–Crippen MR) is 84.4 cm³/mol. The summed E-state index contributed by atoms with van der Waals surface area (Å²) in [4.78, 5) is 20.9. The van der Waals surface area contributed by atoms with Crippen molar-refractivity contribution in [3.63, 3.8) is 0 Å². The van der Waals surface area contributed by atoms with Gasteiger partial charge in [0, 0.05) is 37.3 Å². The number of thiazole rings is 1. The molecular formula is C14H16BrN3O2S. The first-order chi connectivity index (χ1) is 10.1. The van der Waals surface area contributed by atoms with Gasteiger partial charge in [-0.1, -0.05) is 0 Å². The molecule has 0 radical (unpaired) electrons. The smallest absolute Gasteiger partial charge is 0.289 e. The van der Waals surface area contributed by atoms with Gasteiger partial charge in [0.2, 0.25) is 0 Å². The second-order valence-corrected chi connectivity index (χ2v) is 6.78. The summed E-state index contributed by atoms with van der Waals surface area (Å²) in [5.41, 5.74) is 1.08. The van der Waals surface area contributed by atoms with Gasteiger partial charge in [-0.3, -0.25) is 9.69 Å². The first kappa shape index (κ1) is 14.7. The zero-order valence-electron chi connectivity index (χ0n) is 11.7. The number of aromatic nitrogens is 1. The molecule has 0 aliphatic carbocycles. The topological polar surface area (TPSA) is 49.6 Å². The molecule has 0 aromatic carbocycles. The minimum absolute atomic E-state index is 0.0366. The maximum atomic E-state index is 12.3. The molecule has 5 nitrogen and oxygen atoms in total. The standard InChI is InChI=1S/C14H16BrN3O2S/c1-10-9-21-13(16-10)8-17-4-6-18(7-5-17)14(19)11-2-3-12(15)20-11/h2-3,9H,4-8H2,1H3. The van der Waals surface area contributed by atoms with Gasteiger partial charge in [0.1, 0.15) is 5.01 Å². The van der Waals surface area contributed by atoms with Crippen LogP contribution in [0, 0.1) is 6.92 Å². The van der Waals surface area contributed by atoms with Crippen LogP contribution in [0.3, 0.4) is 0 Å². The Morgan fingerprint density at radius 3 is 2.71 bits per heavy atom. The Morgan fingerprint density at radius 2 is 2.14 bits per heavy atom. The fourth-order valence-corrected chi connectivity index (χ4v) is 3.48. The highest BCUT2D eigenvalue weighted by Gasteiger charge is 2.24. The average molecular weight is 370 g/mol. The van der Waals surface area contributed by atoms with E-state index < -0.39 is 0 Å². The monoisotopic (exact) mass is 369 g/mol. The first-order valence-electron chi connectivity index (χ1n) is 6.80. The van der Waals surface area contributed by atoms with Crippen molar-refractivity contribution < 1.29 is 9.21 Å². The Kier molecular flexibility index (Phi) is 4.42. The van der Waals surface area contributed by atoms with Crippen molar-refractivity contribution in [1.29, 1.82) is 0 Å². The molecule has 3 rings (SSSR count). The molecular weight excluding hydrogens is 354 g/mol. The quantitative estimate of drug-likeness (QED) is 0.834. The van der Waals surface area contributed by atoms with Crippen LogP contribution in [-0.4, -0.2) is 46.9 Å². The van der Waals surface area contributed by atoms with Gasteiger partial charge in [0.25, 0.3) is 5.91 Å². The molecule has 1 fully saturated rings. The maximum Gasteiger partial charge on any atom is 0.289 e. The minimum atomic E-state index is -0.0366. The van der Waals surface area contributed by atoms with Crippen molar-refractivity contribution in [2.24, 2.45) is 0 Å². The molecule has 0 spiro atoms. The third-order valence-corrected chi connectivity index (χ3v) is 4.85. The normalized spacial score (nSPS) is 16.4. The van der Waals surface area contributed by atoms with E-state index >= 15 is 0 Å². The largest absolute Gasteiger partial charge is 0.444 e. The third kappa shape index (κ3) is 3.53. The molecule has 112 valence electrons. The fraction of sp³-hybridized carbons (Fsp3) is 0.429. The zero-order valence-corrected chi connectivity index (χ0v) is 14.1. The van der Waals surface area contributed by atoms with E-state index in [-0.39, 0.29) is 5.91 Å². The molecule has 0 N–H and O–H groups in total. The van der Waals surface area contributed by atoms with Crippen LogP contribution in [0.15, 0.2) is 26.6 Å². The Morgan fingerprint density at radius 1 is 1.38 bits per heavy atom. The molecule has 0 bridgehead atoms. The third-order valence-electron chi connectivity index (χ3n) is 3.47. The summed E-state index contributed by atoms with van der Waals surface area (Å²) >= 11 is 4.92. The Bertz CT molecular complexity index is 632. The van der Waals surface area contributed by atoms with Crippen LogP contribution in [0.25, 0.3) is 0 Å². The average Bonchev–Trinajstić information content (AvgIpc) is 3.08. The van der Waals surface area contributed by atoms with Crippen LogP contribution in [0.1, 0.15) is 21.3 Å². The van der Waals surface area contributed by atoms with E-state index in [4.69, 9.17) is 4.42 Å². The molecule has 1 aliphatic heterocycles. The zero-order chi connectivity index (χ0) is 14.8. The molecule has 7 heteroatoms. The Balaban J connectivity index is 1.54. The highest BCUT2D eigenvalue weighted by molar-refractivity contribution is 9.10. The van der Waals surface area contributed by atoms with E-state index in [1.165, 1.54) is 0 Å². The van der Waals surface area contributed by atoms with E-state index in [1.807, 2.05) is 11.8 Å². The van der Waals surface area contributed by atoms with Gasteiger partial charge in [-0.25, -0.2) is 4.98 Å². The predicted octanol–water partition coefficient (Wildman–Crippen LogP) is 2.77. The number of piperazine rings is 1. The van der Waals surface area contributed by atoms with Gasteiger partial charge in [0.05, 0.1) is 6.54 Å². The number of halogens is 1. The van der Waals surface area contributed by atoms with Crippen molar-refractivity contribution in [1.82, 2.24) is 14.8 Å². The first-order valence-corrected chi connectivity index (χ1v) is 8.47. The number of aryl methyl sites for hydroxylation is 1. The van der Waals surface area contributed by atoms with E-state index in [0.29, 0.717) is 10.4 Å². The van der Waals surface area contributed by atoms with Crippen LogP contribution in [0.2, 0.25) is 0 Å². The van der Waals surface area contributed by atoms with Gasteiger partial charge in [-0.15, -0.1) is 11.3 Å². The molecule has 2 aromatic heterocycles. The second kappa shape index (κ2) is 6.29. The molecule has 0 unspecified atom stereocenters. The van der Waals surface area contributed by atoms with Crippen molar-refractivity contribution in [3.8, 4) is 0 Å². The summed E-state index contributed by atoms with van der Waals surface area (Å²) in [6.07, 6.45) is 0. The molecule has 1 amide bonds. The second-order valence-electron chi connectivity index (χ2n) is 5.05. The minimum Gasteiger partial charge on any atom is -0.444 e. The number of carbonyl (C=O) groups is 1. The Labute approximate surface area is 135 Å². The van der Waals surface area contributed by atoms with Gasteiger partial charge >= 0.3 is 0 Å². The van der Waals surface area contributed by atoms with Crippen molar-refractivity contribution in [2.45, 2.75) is 13.5 Å².